The number of para-hydroxylation sites is 1. The Morgan fingerprint density at radius 1 is 0.783 bits per heavy atom. The topological polar surface area (TPSA) is 312 Å². The van der Waals surface area contributed by atoms with E-state index in [1.807, 2.05) is 24.3 Å². The maximum Gasteiger partial charge on any atom is 0.303 e. The number of aliphatic imine (C=N–C) groups is 1. The number of rotatable bonds is 16. The lowest BCUT2D eigenvalue weighted by molar-refractivity contribution is -0.143. The Morgan fingerprint density at radius 2 is 1.49 bits per heavy atom. The monoisotopic (exact) mass is 954 g/mol. The molecule has 69 heavy (non-hydrogen) atoms. The van der Waals surface area contributed by atoms with Crippen LogP contribution in [0.1, 0.15) is 101 Å². The molecule has 6 atom stereocenters. The number of aromatic amines is 1. The molecule has 7 amide bonds. The molecule has 12 N–H and O–H groups in total. The molecule has 2 aliphatic heterocycles. The van der Waals surface area contributed by atoms with Crippen molar-refractivity contribution in [1.29, 1.82) is 0 Å². The van der Waals surface area contributed by atoms with Gasteiger partial charge < -0.3 is 58.4 Å². The quantitative estimate of drug-likeness (QED) is 0.0552. The highest BCUT2D eigenvalue weighted by atomic mass is 16.4. The Bertz CT molecular complexity index is 2310. The molecule has 1 aliphatic carbocycles. The number of aliphatic carboxylic acids is 1. The Labute approximate surface area is 401 Å². The third-order valence-corrected chi connectivity index (χ3v) is 13.2. The van der Waals surface area contributed by atoms with Crippen LogP contribution in [-0.2, 0) is 51.2 Å². The molecule has 3 aliphatic rings. The second-order valence-corrected chi connectivity index (χ2v) is 18.3. The minimum absolute atomic E-state index is 0.00162. The number of carboxylic acid groups (broad SMARTS) is 1. The van der Waals surface area contributed by atoms with Crippen molar-refractivity contribution in [3.8, 4) is 0 Å². The summed E-state index contributed by atoms with van der Waals surface area (Å²) in [5.74, 6) is -5.40. The van der Waals surface area contributed by atoms with Crippen molar-refractivity contribution in [3.05, 3.63) is 71.9 Å². The van der Waals surface area contributed by atoms with E-state index in [1.54, 1.807) is 36.5 Å². The fourth-order valence-corrected chi connectivity index (χ4v) is 9.52. The van der Waals surface area contributed by atoms with Crippen LogP contribution in [0, 0.1) is 5.92 Å². The number of fused-ring (bicyclic) bond motifs is 2. The number of carbonyl (C=O) groups excluding carboxylic acids is 7. The number of nitrogens with two attached hydrogens (primary N) is 2. The number of hydrogen-bond donors (Lipinski definition) is 10. The van der Waals surface area contributed by atoms with Crippen molar-refractivity contribution >= 4 is 64.2 Å². The van der Waals surface area contributed by atoms with Crippen molar-refractivity contribution in [2.75, 3.05) is 19.6 Å². The smallest absolute Gasteiger partial charge is 0.303 e. The zero-order chi connectivity index (χ0) is 49.3. The molecule has 1 saturated carbocycles. The van der Waals surface area contributed by atoms with E-state index in [4.69, 9.17) is 11.5 Å². The Balaban J connectivity index is 1.31. The molecule has 372 valence electrons. The minimum atomic E-state index is -1.22. The molecule has 0 spiro atoms. The van der Waals surface area contributed by atoms with E-state index in [0.29, 0.717) is 31.2 Å². The predicted octanol–water partition coefficient (Wildman–Crippen LogP) is 1.17. The fourth-order valence-electron chi connectivity index (χ4n) is 9.52. The zero-order valence-electron chi connectivity index (χ0n) is 39.0. The lowest BCUT2D eigenvalue weighted by Gasteiger charge is -2.32. The molecule has 3 aromatic rings. The van der Waals surface area contributed by atoms with Crippen molar-refractivity contribution < 1.29 is 43.5 Å². The number of guanidine groups is 1. The highest BCUT2D eigenvalue weighted by Crippen LogP contribution is 2.28. The van der Waals surface area contributed by atoms with E-state index in [2.05, 4.69) is 41.9 Å². The fraction of sp³-hybridized carbons (Fsp3) is 0.531. The molecule has 0 radical (unpaired) electrons. The van der Waals surface area contributed by atoms with Crippen molar-refractivity contribution in [2.45, 2.75) is 139 Å². The maximum absolute atomic E-state index is 14.7. The molecule has 20 nitrogen and oxygen atoms in total. The maximum atomic E-state index is 14.7. The van der Waals surface area contributed by atoms with Crippen LogP contribution in [0.3, 0.4) is 0 Å². The van der Waals surface area contributed by atoms with Gasteiger partial charge in [-0.25, -0.2) is 0 Å². The van der Waals surface area contributed by atoms with E-state index in [9.17, 15) is 43.5 Å². The van der Waals surface area contributed by atoms with Crippen molar-refractivity contribution in [2.24, 2.45) is 22.4 Å². The summed E-state index contributed by atoms with van der Waals surface area (Å²) in [4.78, 5) is 119. The lowest BCUT2D eigenvalue weighted by atomic mass is 9.84. The summed E-state index contributed by atoms with van der Waals surface area (Å²) >= 11 is 0. The van der Waals surface area contributed by atoms with Gasteiger partial charge in [0, 0.05) is 56.0 Å². The van der Waals surface area contributed by atoms with Gasteiger partial charge in [-0.2, -0.15) is 0 Å². The molecule has 1 unspecified atom stereocenters. The van der Waals surface area contributed by atoms with Crippen LogP contribution in [-0.4, -0.2) is 124 Å². The van der Waals surface area contributed by atoms with Crippen LogP contribution in [0.2, 0.25) is 0 Å². The van der Waals surface area contributed by atoms with E-state index in [-0.39, 0.29) is 70.0 Å². The summed E-state index contributed by atoms with van der Waals surface area (Å²) in [5.41, 5.74) is 13.4. The number of amides is 7. The molecule has 0 bridgehead atoms. The number of benzene rings is 2. The van der Waals surface area contributed by atoms with Crippen LogP contribution >= 0.6 is 0 Å². The van der Waals surface area contributed by atoms with E-state index < -0.39 is 90.0 Å². The van der Waals surface area contributed by atoms with Crippen LogP contribution < -0.4 is 43.4 Å². The first kappa shape index (κ1) is 51.4. The summed E-state index contributed by atoms with van der Waals surface area (Å²) in [6.45, 7) is 0.375. The van der Waals surface area contributed by atoms with Crippen molar-refractivity contribution in [1.82, 2.24) is 41.8 Å². The van der Waals surface area contributed by atoms with Crippen LogP contribution in [0.25, 0.3) is 10.9 Å². The van der Waals surface area contributed by atoms with E-state index in [1.165, 1.54) is 4.90 Å². The summed E-state index contributed by atoms with van der Waals surface area (Å²) in [5, 5.41) is 27.2. The van der Waals surface area contributed by atoms with Crippen LogP contribution in [0.4, 0.5) is 0 Å². The summed E-state index contributed by atoms with van der Waals surface area (Å²) in [6.07, 6.45) is 7.42. The molecule has 20 heteroatoms. The third kappa shape index (κ3) is 15.3. The second-order valence-electron chi connectivity index (χ2n) is 18.3. The number of carboxylic acids is 1. The van der Waals surface area contributed by atoms with Gasteiger partial charge in [0.1, 0.15) is 36.3 Å². The standard InChI is InChI=1S/C49H67N11O9/c50-49(51)53-24-9-18-35-43(64)52-23-10-19-36(57-44(65)37(26-30-12-3-1-4-13-30)55-41(61)21-22-42(62)63)48(69)60-25-11-20-40(60)47(68)59-38(27-31-14-5-2-6-15-31)45(66)58-39(46(67)56-35)28-32-29-54-34-17-8-7-16-33(32)34/h1,3-4,7-8,12-13,16-17,29,31,35-40,54H,2,5-6,9-11,14-15,18-28H2,(H,52,64)(H,55,61)(H,56,67)(H,57,65)(H,58,66)(H,59,68)(H,62,63)(H4,50,51,53)/t35-,36?,37-,38+,39-,40-/m0/s1. The number of aromatic nitrogens is 1. The first-order valence-corrected chi connectivity index (χ1v) is 24.2. The number of nitrogens with one attached hydrogen (secondary N) is 7. The van der Waals surface area contributed by atoms with Crippen LogP contribution in [0.5, 0.6) is 0 Å². The summed E-state index contributed by atoms with van der Waals surface area (Å²) in [7, 11) is 0. The van der Waals surface area contributed by atoms with Gasteiger partial charge >= 0.3 is 5.97 Å². The molecule has 2 saturated heterocycles. The normalized spacial score (nSPS) is 22.7. The van der Waals surface area contributed by atoms with Gasteiger partial charge in [-0.15, -0.1) is 0 Å². The first-order valence-electron chi connectivity index (χ1n) is 24.2. The Morgan fingerprint density at radius 3 is 2.25 bits per heavy atom. The van der Waals surface area contributed by atoms with E-state index >= 15 is 0 Å². The summed E-state index contributed by atoms with van der Waals surface area (Å²) < 4.78 is 0. The third-order valence-electron chi connectivity index (χ3n) is 13.2. The number of nitrogens with zero attached hydrogens (tertiary/aromatic N) is 2. The van der Waals surface area contributed by atoms with Gasteiger partial charge in [0.25, 0.3) is 0 Å². The zero-order valence-corrected chi connectivity index (χ0v) is 39.0. The number of carbonyl (C=O) groups is 8. The molecule has 3 fully saturated rings. The SMILES string of the molecule is NC(N)=NCCC[C@@H]1NC(=O)[C@H](Cc2c[nH]c3ccccc23)NC(=O)[C@@H](CC2CCCCC2)NC(=O)[C@@H]2CCCN2C(=O)C(NC(=O)[C@H](Cc2ccccc2)NC(=O)CCC(=O)O)CCCNC1=O. The van der Waals surface area contributed by atoms with Crippen molar-refractivity contribution in [3.63, 3.8) is 0 Å². The van der Waals surface area contributed by atoms with Gasteiger partial charge in [-0.1, -0.05) is 80.6 Å². The second kappa shape index (κ2) is 25.4. The van der Waals surface area contributed by atoms with Gasteiger partial charge in [0.15, 0.2) is 5.96 Å². The summed E-state index contributed by atoms with van der Waals surface area (Å²) in [6, 6.07) is 9.67. The largest absolute Gasteiger partial charge is 0.481 e. The average Bonchev–Trinajstić information content (AvgIpc) is 4.00. The van der Waals surface area contributed by atoms with E-state index in [0.717, 1.165) is 48.6 Å². The molecule has 3 heterocycles. The molecular weight excluding hydrogens is 887 g/mol. The molecule has 1 aromatic heterocycles. The molecule has 2 aromatic carbocycles. The first-order chi connectivity index (χ1) is 33.2. The number of H-pyrrole nitrogens is 1. The Hall–Kier alpha value is -6.99. The predicted molar refractivity (Wildman–Crippen MR) is 257 cm³/mol. The van der Waals surface area contributed by atoms with Gasteiger partial charge in [0.05, 0.1) is 6.42 Å². The molecular formula is C49H67N11O9. The van der Waals surface area contributed by atoms with Gasteiger partial charge in [0.2, 0.25) is 41.4 Å². The Kier molecular flexibility index (Phi) is 18.9. The van der Waals surface area contributed by atoms with Crippen LogP contribution in [0.15, 0.2) is 65.8 Å². The van der Waals surface area contributed by atoms with Gasteiger partial charge in [-0.05, 0) is 68.1 Å². The molecule has 6 rings (SSSR count). The number of hydrogen-bond acceptors (Lipinski definition) is 9. The highest BCUT2D eigenvalue weighted by Gasteiger charge is 2.41. The highest BCUT2D eigenvalue weighted by molar-refractivity contribution is 5.98. The van der Waals surface area contributed by atoms with Gasteiger partial charge in [-0.3, -0.25) is 43.3 Å². The minimum Gasteiger partial charge on any atom is -0.481 e. The lowest BCUT2D eigenvalue weighted by Crippen LogP contribution is -2.60. The average molecular weight is 954 g/mol.